The van der Waals surface area contributed by atoms with Gasteiger partial charge >= 0.3 is 0 Å². The minimum Gasteiger partial charge on any atom is -0.258 e. The van der Waals surface area contributed by atoms with Gasteiger partial charge in [-0.2, -0.15) is 28.3 Å². The summed E-state index contributed by atoms with van der Waals surface area (Å²) in [5.74, 6) is 0. The second kappa shape index (κ2) is 9.13. The van der Waals surface area contributed by atoms with E-state index in [4.69, 9.17) is 0 Å². The molecule has 0 saturated heterocycles. The highest BCUT2D eigenvalue weighted by Crippen LogP contribution is 2.26. The van der Waals surface area contributed by atoms with Crippen LogP contribution >= 0.6 is 0 Å². The Balaban J connectivity index is 1.80. The third-order valence-corrected chi connectivity index (χ3v) is 6.88. The molecule has 0 fully saturated rings. The van der Waals surface area contributed by atoms with E-state index in [2.05, 4.69) is 16.3 Å². The Morgan fingerprint density at radius 2 is 1.97 bits per heavy atom. The number of rotatable bonds is 7. The first kappa shape index (κ1) is 22.6. The fraction of sp³-hybridized carbons (Fsp3) is 0.0870. The Labute approximate surface area is 195 Å². The van der Waals surface area contributed by atoms with Crippen LogP contribution in [0.15, 0.2) is 83.1 Å². The maximum atomic E-state index is 13.6. The zero-order chi connectivity index (χ0) is 24.3. The lowest BCUT2D eigenvalue weighted by atomic mass is 10.2. The van der Waals surface area contributed by atoms with E-state index < -0.39 is 14.9 Å². The summed E-state index contributed by atoms with van der Waals surface area (Å²) in [5, 5.41) is 28.9. The molecule has 0 radical (unpaired) electrons. The van der Waals surface area contributed by atoms with Crippen LogP contribution in [-0.4, -0.2) is 33.6 Å². The number of aryl methyl sites for hydroxylation is 1. The molecule has 34 heavy (non-hydrogen) atoms. The predicted molar refractivity (Wildman–Crippen MR) is 125 cm³/mol. The Morgan fingerprint density at radius 1 is 1.21 bits per heavy atom. The molecule has 0 aliphatic rings. The molecule has 0 N–H and O–H groups in total. The fourth-order valence-corrected chi connectivity index (χ4v) is 4.78. The molecule has 0 spiro atoms. The first-order valence-corrected chi connectivity index (χ1v) is 11.5. The van der Waals surface area contributed by atoms with Crippen LogP contribution in [0.5, 0.6) is 0 Å². The zero-order valence-electron chi connectivity index (χ0n) is 17.9. The topological polar surface area (TPSA) is 134 Å². The van der Waals surface area contributed by atoms with Gasteiger partial charge in [0.2, 0.25) is 0 Å². The SMILES string of the molecule is Cc1ccc([N+](=O)[O-])cc1S(=O)(=O)N(Cc1ccccc1)/N=C/c1cnn2ccc(C#N)cc12. The summed E-state index contributed by atoms with van der Waals surface area (Å²) < 4.78 is 29.6. The Morgan fingerprint density at radius 3 is 2.68 bits per heavy atom. The largest absolute Gasteiger partial charge is 0.279 e. The fourth-order valence-electron chi connectivity index (χ4n) is 3.32. The smallest absolute Gasteiger partial charge is 0.258 e. The highest BCUT2D eigenvalue weighted by atomic mass is 32.2. The summed E-state index contributed by atoms with van der Waals surface area (Å²) in [6.45, 7) is 1.47. The molecule has 4 aromatic rings. The summed E-state index contributed by atoms with van der Waals surface area (Å²) in [6, 6.07) is 17.8. The maximum absolute atomic E-state index is 13.6. The second-order valence-electron chi connectivity index (χ2n) is 7.38. The minimum atomic E-state index is -4.25. The first-order valence-electron chi connectivity index (χ1n) is 10.0. The van der Waals surface area contributed by atoms with Crippen LogP contribution in [0.1, 0.15) is 22.3 Å². The standard InChI is InChI=1S/C23H18N6O4S/c1-17-7-8-21(29(30)31)12-23(17)34(32,33)28(16-18-5-3-2-4-6-18)26-15-20-14-25-27-10-9-19(13-24)11-22(20)27/h2-12,14-15H,16H2,1H3/b26-15+. The van der Waals surface area contributed by atoms with E-state index >= 15 is 0 Å². The molecule has 11 heteroatoms. The Kier molecular flexibility index (Phi) is 6.07. The van der Waals surface area contributed by atoms with Crippen LogP contribution < -0.4 is 0 Å². The van der Waals surface area contributed by atoms with Crippen LogP contribution in [0, 0.1) is 28.4 Å². The monoisotopic (exact) mass is 474 g/mol. The van der Waals surface area contributed by atoms with Crippen molar-refractivity contribution in [2.45, 2.75) is 18.4 Å². The molecule has 0 unspecified atom stereocenters. The molecule has 0 aliphatic heterocycles. The summed E-state index contributed by atoms with van der Waals surface area (Å²) in [6.07, 6.45) is 4.47. The average Bonchev–Trinajstić information content (AvgIpc) is 3.24. The molecule has 2 heterocycles. The van der Waals surface area contributed by atoms with E-state index in [9.17, 15) is 23.8 Å². The van der Waals surface area contributed by atoms with Crippen molar-refractivity contribution in [1.29, 1.82) is 5.26 Å². The normalized spacial score (nSPS) is 11.5. The number of aromatic nitrogens is 2. The molecule has 0 saturated carbocycles. The number of non-ortho nitro benzene ring substituents is 1. The van der Waals surface area contributed by atoms with Crippen molar-refractivity contribution in [2.24, 2.45) is 5.10 Å². The third kappa shape index (κ3) is 4.48. The number of pyridine rings is 1. The molecule has 4 rings (SSSR count). The number of hydrogen-bond donors (Lipinski definition) is 0. The lowest BCUT2D eigenvalue weighted by molar-refractivity contribution is -0.385. The van der Waals surface area contributed by atoms with Crippen molar-refractivity contribution in [1.82, 2.24) is 14.0 Å². The zero-order valence-corrected chi connectivity index (χ0v) is 18.8. The van der Waals surface area contributed by atoms with Gasteiger partial charge in [-0.15, -0.1) is 0 Å². The molecule has 0 aliphatic carbocycles. The van der Waals surface area contributed by atoms with E-state index in [1.54, 1.807) is 54.0 Å². The number of benzene rings is 2. The van der Waals surface area contributed by atoms with Crippen molar-refractivity contribution in [3.63, 3.8) is 0 Å². The molecule has 10 nitrogen and oxygen atoms in total. The van der Waals surface area contributed by atoms with Gasteiger partial charge in [0.05, 0.1) is 45.9 Å². The molecule has 0 atom stereocenters. The molecule has 2 aromatic heterocycles. The van der Waals surface area contributed by atoms with Gasteiger partial charge in [-0.25, -0.2) is 4.52 Å². The molecule has 2 aromatic carbocycles. The molecular weight excluding hydrogens is 456 g/mol. The highest BCUT2D eigenvalue weighted by Gasteiger charge is 2.27. The van der Waals surface area contributed by atoms with Gasteiger partial charge in [0, 0.05) is 23.9 Å². The number of sulfonamides is 1. The number of nitrogens with zero attached hydrogens (tertiary/aromatic N) is 6. The number of nitro benzene ring substituents is 1. The van der Waals surface area contributed by atoms with Gasteiger partial charge in [0.1, 0.15) is 0 Å². The molecule has 0 amide bonds. The molecule has 170 valence electrons. The van der Waals surface area contributed by atoms with Gasteiger partial charge in [-0.3, -0.25) is 10.1 Å². The summed E-state index contributed by atoms with van der Waals surface area (Å²) in [7, 11) is -4.25. The third-order valence-electron chi connectivity index (χ3n) is 5.10. The maximum Gasteiger partial charge on any atom is 0.279 e. The molecular formula is C23H18N6O4S. The summed E-state index contributed by atoms with van der Waals surface area (Å²) >= 11 is 0. The van der Waals surface area contributed by atoms with E-state index in [0.717, 1.165) is 10.5 Å². The Hall–Kier alpha value is -4.56. The Bertz CT molecular complexity index is 1560. The summed E-state index contributed by atoms with van der Waals surface area (Å²) in [4.78, 5) is 10.4. The van der Waals surface area contributed by atoms with E-state index in [0.29, 0.717) is 27.8 Å². The number of hydrazone groups is 1. The highest BCUT2D eigenvalue weighted by molar-refractivity contribution is 7.89. The van der Waals surface area contributed by atoms with E-state index in [1.807, 2.05) is 6.07 Å². The molecule has 0 bridgehead atoms. The second-order valence-corrected chi connectivity index (χ2v) is 9.19. The quantitative estimate of drug-likeness (QED) is 0.228. The number of hydrogen-bond acceptors (Lipinski definition) is 7. The van der Waals surface area contributed by atoms with Gasteiger partial charge in [-0.1, -0.05) is 36.4 Å². The summed E-state index contributed by atoms with van der Waals surface area (Å²) in [5.41, 5.74) is 2.20. The lowest BCUT2D eigenvalue weighted by Crippen LogP contribution is -2.26. The number of fused-ring (bicyclic) bond motifs is 1. The van der Waals surface area contributed by atoms with E-state index in [1.165, 1.54) is 24.5 Å². The van der Waals surface area contributed by atoms with Gasteiger partial charge in [0.15, 0.2) is 0 Å². The average molecular weight is 475 g/mol. The number of nitro groups is 1. The van der Waals surface area contributed by atoms with Crippen LogP contribution in [0.4, 0.5) is 5.69 Å². The predicted octanol–water partition coefficient (Wildman–Crippen LogP) is 3.65. The van der Waals surface area contributed by atoms with Gasteiger partial charge in [0.25, 0.3) is 15.7 Å². The van der Waals surface area contributed by atoms with Crippen LogP contribution in [0.3, 0.4) is 0 Å². The van der Waals surface area contributed by atoms with Crippen LogP contribution in [0.25, 0.3) is 5.52 Å². The van der Waals surface area contributed by atoms with Crippen molar-refractivity contribution in [3.8, 4) is 6.07 Å². The van der Waals surface area contributed by atoms with Crippen molar-refractivity contribution < 1.29 is 13.3 Å². The number of nitriles is 1. The minimum absolute atomic E-state index is 0.0928. The lowest BCUT2D eigenvalue weighted by Gasteiger charge is -2.20. The van der Waals surface area contributed by atoms with Gasteiger partial charge in [-0.05, 0) is 30.2 Å². The van der Waals surface area contributed by atoms with Crippen LogP contribution in [0.2, 0.25) is 0 Å². The van der Waals surface area contributed by atoms with Gasteiger partial charge < -0.3 is 0 Å². The van der Waals surface area contributed by atoms with Crippen molar-refractivity contribution >= 4 is 27.4 Å². The van der Waals surface area contributed by atoms with Crippen molar-refractivity contribution in [3.05, 3.63) is 105 Å². The first-order chi connectivity index (χ1) is 16.3. The van der Waals surface area contributed by atoms with E-state index in [-0.39, 0.29) is 17.1 Å². The van der Waals surface area contributed by atoms with Crippen molar-refractivity contribution in [2.75, 3.05) is 0 Å². The van der Waals surface area contributed by atoms with Crippen LogP contribution in [-0.2, 0) is 16.6 Å².